The first-order valence-electron chi connectivity index (χ1n) is 14.4. The standard InChI is InChI=1S/C31H37ClN2O5S/c1-2-24-5-3-4-6-28(35)25-10-7-22(25)17-34-18-31(14-13-20-15-23(32)9-11-26(20)31)19-39-29-12-8-21(16-27(29)34)30(36)33-40(24,37)38/h4,6,8-9,11-12,15-16,22,24-25,28,35H,2-3,5,7,10,13-14,17-19H2,1H3,(H,33,36)/b6-4-/t22-,24-,25+,28-,31-/m0/s1. The van der Waals surface area contributed by atoms with Gasteiger partial charge in [-0.15, -0.1) is 0 Å². The highest BCUT2D eigenvalue weighted by Gasteiger charge is 2.45. The van der Waals surface area contributed by atoms with E-state index in [0.29, 0.717) is 44.1 Å². The summed E-state index contributed by atoms with van der Waals surface area (Å²) in [5, 5.41) is 11.1. The Morgan fingerprint density at radius 2 is 2.02 bits per heavy atom. The van der Waals surface area contributed by atoms with Gasteiger partial charge in [0.2, 0.25) is 10.0 Å². The molecule has 2 aromatic carbocycles. The molecule has 0 radical (unpaired) electrons. The number of nitrogens with one attached hydrogen (secondary N) is 1. The van der Waals surface area contributed by atoms with Gasteiger partial charge in [-0.2, -0.15) is 0 Å². The van der Waals surface area contributed by atoms with Crippen LogP contribution in [0, 0.1) is 11.8 Å². The Hall–Kier alpha value is -2.55. The number of aliphatic hydroxyl groups excluding tert-OH is 1. The summed E-state index contributed by atoms with van der Waals surface area (Å²) in [5.74, 6) is 0.491. The predicted octanol–water partition coefficient (Wildman–Crippen LogP) is 5.00. The molecular formula is C31H37ClN2O5S. The van der Waals surface area contributed by atoms with Gasteiger partial charge in [0.05, 0.1) is 23.6 Å². The molecule has 1 saturated carbocycles. The number of aliphatic hydroxyl groups is 1. The molecule has 40 heavy (non-hydrogen) atoms. The molecule has 9 heteroatoms. The van der Waals surface area contributed by atoms with Gasteiger partial charge in [-0.1, -0.05) is 36.7 Å². The second-order valence-electron chi connectivity index (χ2n) is 11.9. The number of carbonyl (C=O) groups excluding carboxylic acids is 1. The number of halogens is 1. The fraction of sp³-hybridized carbons (Fsp3) is 0.516. The van der Waals surface area contributed by atoms with Gasteiger partial charge in [-0.05, 0) is 98.2 Å². The largest absolute Gasteiger partial charge is 0.490 e. The molecule has 0 aromatic heterocycles. The summed E-state index contributed by atoms with van der Waals surface area (Å²) >= 11 is 6.33. The van der Waals surface area contributed by atoms with Crippen molar-refractivity contribution in [1.82, 2.24) is 4.72 Å². The number of allylic oxidation sites excluding steroid dienone is 1. The third-order valence-electron chi connectivity index (χ3n) is 9.56. The van der Waals surface area contributed by atoms with Crippen molar-refractivity contribution in [2.75, 3.05) is 24.6 Å². The molecule has 0 saturated heterocycles. The van der Waals surface area contributed by atoms with Crippen molar-refractivity contribution in [3.63, 3.8) is 0 Å². The van der Waals surface area contributed by atoms with E-state index < -0.39 is 27.3 Å². The maximum atomic E-state index is 13.3. The van der Waals surface area contributed by atoms with E-state index in [1.807, 2.05) is 25.1 Å². The average Bonchev–Trinajstić information content (AvgIpc) is 3.16. The molecule has 4 aliphatic rings. The molecular weight excluding hydrogens is 548 g/mol. The van der Waals surface area contributed by atoms with E-state index in [2.05, 4.69) is 21.8 Å². The van der Waals surface area contributed by atoms with Gasteiger partial charge < -0.3 is 14.7 Å². The summed E-state index contributed by atoms with van der Waals surface area (Å²) in [4.78, 5) is 15.6. The maximum absolute atomic E-state index is 13.3. The molecule has 2 aliphatic heterocycles. The van der Waals surface area contributed by atoms with Crippen molar-refractivity contribution in [2.24, 2.45) is 11.8 Å². The van der Waals surface area contributed by atoms with E-state index in [4.69, 9.17) is 16.3 Å². The molecule has 2 aliphatic carbocycles. The van der Waals surface area contributed by atoms with Gasteiger partial charge in [0.1, 0.15) is 5.75 Å². The number of aryl methyl sites for hydroxylation is 1. The molecule has 7 nitrogen and oxygen atoms in total. The van der Waals surface area contributed by atoms with Crippen molar-refractivity contribution >= 4 is 33.2 Å². The first-order valence-corrected chi connectivity index (χ1v) is 16.3. The molecule has 1 spiro atoms. The number of amides is 1. The fourth-order valence-corrected chi connectivity index (χ4v) is 8.70. The van der Waals surface area contributed by atoms with Crippen molar-refractivity contribution in [3.8, 4) is 5.75 Å². The van der Waals surface area contributed by atoms with E-state index in [-0.39, 0.29) is 16.9 Å². The number of hydrogen-bond acceptors (Lipinski definition) is 6. The van der Waals surface area contributed by atoms with Crippen LogP contribution in [-0.2, 0) is 21.9 Å². The molecule has 5 atom stereocenters. The summed E-state index contributed by atoms with van der Waals surface area (Å²) in [6, 6.07) is 11.3. The SMILES string of the molecule is CC[C@H]1CC/C=C\[C@H](O)[C@@H]2CC[C@H]2CN2C[C@@]3(CCc4cc(Cl)ccc43)COc3ccc(cc32)C(=O)NS1(=O)=O. The van der Waals surface area contributed by atoms with Gasteiger partial charge in [0.25, 0.3) is 5.91 Å². The van der Waals surface area contributed by atoms with E-state index in [1.165, 1.54) is 11.1 Å². The quantitative estimate of drug-likeness (QED) is 0.458. The van der Waals surface area contributed by atoms with Gasteiger partial charge in [-0.25, -0.2) is 13.1 Å². The summed E-state index contributed by atoms with van der Waals surface area (Å²) in [5.41, 5.74) is 3.34. The highest BCUT2D eigenvalue weighted by atomic mass is 35.5. The molecule has 1 amide bonds. The smallest absolute Gasteiger partial charge is 0.264 e. The minimum absolute atomic E-state index is 0.139. The van der Waals surface area contributed by atoms with Crippen LogP contribution in [0.25, 0.3) is 0 Å². The third kappa shape index (κ3) is 5.03. The summed E-state index contributed by atoms with van der Waals surface area (Å²) in [6.07, 6.45) is 8.28. The Morgan fingerprint density at radius 1 is 1.18 bits per heavy atom. The molecule has 6 rings (SSSR count). The lowest BCUT2D eigenvalue weighted by Crippen LogP contribution is -2.47. The van der Waals surface area contributed by atoms with Gasteiger partial charge in [0.15, 0.2) is 0 Å². The first-order chi connectivity index (χ1) is 19.2. The van der Waals surface area contributed by atoms with Crippen molar-refractivity contribution in [1.29, 1.82) is 0 Å². The molecule has 2 bridgehead atoms. The van der Waals surface area contributed by atoms with Crippen LogP contribution >= 0.6 is 11.6 Å². The summed E-state index contributed by atoms with van der Waals surface area (Å²) in [6.45, 7) is 3.73. The van der Waals surface area contributed by atoms with Gasteiger partial charge in [0, 0.05) is 29.1 Å². The first kappa shape index (κ1) is 27.6. The Balaban J connectivity index is 1.41. The van der Waals surface area contributed by atoms with Gasteiger partial charge >= 0.3 is 0 Å². The van der Waals surface area contributed by atoms with Crippen molar-refractivity contribution in [3.05, 3.63) is 70.3 Å². The number of nitrogens with zero attached hydrogens (tertiary/aromatic N) is 1. The van der Waals surface area contributed by atoms with Crippen LogP contribution in [0.15, 0.2) is 48.6 Å². The Kier molecular flexibility index (Phi) is 7.38. The van der Waals surface area contributed by atoms with Crippen LogP contribution in [-0.4, -0.2) is 50.5 Å². The monoisotopic (exact) mass is 584 g/mol. The van der Waals surface area contributed by atoms with Crippen LogP contribution < -0.4 is 14.4 Å². The molecule has 2 aromatic rings. The number of ether oxygens (including phenoxy) is 1. The van der Waals surface area contributed by atoms with Crippen LogP contribution in [0.5, 0.6) is 5.75 Å². The van der Waals surface area contributed by atoms with Crippen molar-refractivity contribution in [2.45, 2.75) is 68.6 Å². The van der Waals surface area contributed by atoms with E-state index in [1.54, 1.807) is 18.2 Å². The zero-order valence-electron chi connectivity index (χ0n) is 22.8. The number of sulfonamides is 1. The van der Waals surface area contributed by atoms with Crippen LogP contribution in [0.3, 0.4) is 0 Å². The van der Waals surface area contributed by atoms with E-state index in [0.717, 1.165) is 42.9 Å². The van der Waals surface area contributed by atoms with E-state index >= 15 is 0 Å². The van der Waals surface area contributed by atoms with Crippen LogP contribution in [0.1, 0.15) is 66.9 Å². The number of anilines is 1. The highest BCUT2D eigenvalue weighted by Crippen LogP contribution is 2.47. The number of benzene rings is 2. The number of fused-ring (bicyclic) bond motifs is 4. The fourth-order valence-electron chi connectivity index (χ4n) is 7.08. The summed E-state index contributed by atoms with van der Waals surface area (Å²) < 4.78 is 35.0. The van der Waals surface area contributed by atoms with E-state index in [9.17, 15) is 18.3 Å². The number of hydrogen-bond donors (Lipinski definition) is 2. The molecule has 1 fully saturated rings. The van der Waals surface area contributed by atoms with Crippen LogP contribution in [0.2, 0.25) is 5.02 Å². The maximum Gasteiger partial charge on any atom is 0.264 e. The predicted molar refractivity (Wildman–Crippen MR) is 157 cm³/mol. The molecule has 214 valence electrons. The van der Waals surface area contributed by atoms with Crippen LogP contribution in [0.4, 0.5) is 5.69 Å². The second-order valence-corrected chi connectivity index (χ2v) is 14.3. The lowest BCUT2D eigenvalue weighted by Gasteiger charge is -2.43. The minimum Gasteiger partial charge on any atom is -0.490 e. The minimum atomic E-state index is -3.87. The molecule has 0 unspecified atom stereocenters. The Bertz CT molecular complexity index is 1440. The van der Waals surface area contributed by atoms with Gasteiger partial charge in [-0.3, -0.25) is 4.79 Å². The Morgan fingerprint density at radius 3 is 2.80 bits per heavy atom. The Labute approximate surface area is 241 Å². The van der Waals surface area contributed by atoms with Crippen molar-refractivity contribution < 1.29 is 23.1 Å². The normalized spacial score (nSPS) is 32.2. The third-order valence-corrected chi connectivity index (χ3v) is 11.7. The highest BCUT2D eigenvalue weighted by molar-refractivity contribution is 7.90. The average molecular weight is 585 g/mol. The molecule has 2 heterocycles. The number of carbonyl (C=O) groups is 1. The zero-order valence-corrected chi connectivity index (χ0v) is 24.4. The zero-order chi connectivity index (χ0) is 28.1. The number of rotatable bonds is 1. The lowest BCUT2D eigenvalue weighted by atomic mass is 9.70. The summed E-state index contributed by atoms with van der Waals surface area (Å²) in [7, 11) is -3.87. The second kappa shape index (κ2) is 10.7. The molecule has 2 N–H and O–H groups in total. The topological polar surface area (TPSA) is 95.9 Å². The lowest BCUT2D eigenvalue weighted by molar-refractivity contribution is 0.0457.